The van der Waals surface area contributed by atoms with Crippen molar-refractivity contribution >= 4 is 27.8 Å². The first kappa shape index (κ1) is 12.7. The average molecular weight is 328 g/mol. The number of carboxylic acids is 1. The predicted molar refractivity (Wildman–Crippen MR) is 69.9 cm³/mol. The Labute approximate surface area is 118 Å². The first-order valence-corrected chi connectivity index (χ1v) is 7.13. The van der Waals surface area contributed by atoms with E-state index in [9.17, 15) is 9.59 Å². The zero-order chi connectivity index (χ0) is 13.6. The lowest BCUT2D eigenvalue weighted by Gasteiger charge is -2.32. The van der Waals surface area contributed by atoms with Crippen LogP contribution in [-0.2, 0) is 4.79 Å². The monoisotopic (exact) mass is 327 g/mol. The predicted octanol–water partition coefficient (Wildman–Crippen LogP) is 1.64. The van der Waals surface area contributed by atoms with Crippen LogP contribution in [0.1, 0.15) is 47.8 Å². The Hall–Kier alpha value is -1.37. The summed E-state index contributed by atoms with van der Waals surface area (Å²) in [4.78, 5) is 22.7. The summed E-state index contributed by atoms with van der Waals surface area (Å²) in [5, 5.41) is 18.5. The maximum atomic E-state index is 12.0. The van der Waals surface area contributed by atoms with E-state index in [-0.39, 0.29) is 17.9 Å². The molecule has 2 fully saturated rings. The third kappa shape index (κ3) is 2.39. The van der Waals surface area contributed by atoms with E-state index in [0.717, 1.165) is 23.0 Å². The molecule has 0 aromatic carbocycles. The number of carbonyl (C=O) groups excluding carboxylic acids is 1. The summed E-state index contributed by atoms with van der Waals surface area (Å²) in [6.45, 7) is 0. The zero-order valence-corrected chi connectivity index (χ0v) is 11.7. The number of nitrogens with zero attached hydrogens (tertiary/aromatic N) is 1. The Morgan fingerprint density at radius 2 is 2.05 bits per heavy atom. The van der Waals surface area contributed by atoms with Gasteiger partial charge in [0.1, 0.15) is 0 Å². The van der Waals surface area contributed by atoms with Crippen LogP contribution in [0.3, 0.4) is 0 Å². The first-order chi connectivity index (χ1) is 9.06. The van der Waals surface area contributed by atoms with Gasteiger partial charge in [0.05, 0.1) is 16.1 Å². The minimum absolute atomic E-state index is 0.0541. The van der Waals surface area contributed by atoms with Crippen LogP contribution in [0.15, 0.2) is 4.47 Å². The smallest absolute Gasteiger partial charge is 0.306 e. The van der Waals surface area contributed by atoms with Gasteiger partial charge in [-0.15, -0.1) is 0 Å². The summed E-state index contributed by atoms with van der Waals surface area (Å²) in [6, 6.07) is -0.0541. The molecule has 0 bridgehead atoms. The van der Waals surface area contributed by atoms with Gasteiger partial charge in [-0.25, -0.2) is 0 Å². The van der Waals surface area contributed by atoms with E-state index in [2.05, 4.69) is 31.4 Å². The molecular formula is C12H14BrN3O3. The SMILES string of the molecule is O=C(NC1CC(C(=O)O)C1)c1n[nH]c(C2CC2)c1Br. The molecule has 0 spiro atoms. The maximum Gasteiger partial charge on any atom is 0.306 e. The molecule has 1 aromatic rings. The summed E-state index contributed by atoms with van der Waals surface area (Å²) in [5.74, 6) is -0.871. The van der Waals surface area contributed by atoms with Crippen molar-refractivity contribution in [1.82, 2.24) is 15.5 Å². The highest BCUT2D eigenvalue weighted by atomic mass is 79.9. The van der Waals surface area contributed by atoms with E-state index in [4.69, 9.17) is 5.11 Å². The molecule has 0 atom stereocenters. The summed E-state index contributed by atoms with van der Waals surface area (Å²) >= 11 is 3.41. The molecule has 0 unspecified atom stereocenters. The number of rotatable bonds is 4. The van der Waals surface area contributed by atoms with Crippen LogP contribution in [0.25, 0.3) is 0 Å². The number of halogens is 1. The average Bonchev–Trinajstić information content (AvgIpc) is 3.06. The Morgan fingerprint density at radius 1 is 1.37 bits per heavy atom. The van der Waals surface area contributed by atoms with E-state index in [1.807, 2.05) is 0 Å². The molecule has 7 heteroatoms. The maximum absolute atomic E-state index is 12.0. The van der Waals surface area contributed by atoms with Gasteiger partial charge in [-0.2, -0.15) is 5.10 Å². The van der Waals surface area contributed by atoms with Crippen LogP contribution < -0.4 is 5.32 Å². The number of hydrogen-bond donors (Lipinski definition) is 3. The van der Waals surface area contributed by atoms with E-state index in [1.165, 1.54) is 0 Å². The van der Waals surface area contributed by atoms with Crippen molar-refractivity contribution in [2.75, 3.05) is 0 Å². The minimum atomic E-state index is -0.789. The second-order valence-electron chi connectivity index (χ2n) is 5.25. The summed E-state index contributed by atoms with van der Waals surface area (Å²) in [7, 11) is 0. The highest BCUT2D eigenvalue weighted by molar-refractivity contribution is 9.10. The van der Waals surface area contributed by atoms with Crippen molar-refractivity contribution < 1.29 is 14.7 Å². The highest BCUT2D eigenvalue weighted by Gasteiger charge is 2.36. The summed E-state index contributed by atoms with van der Waals surface area (Å²) < 4.78 is 0.738. The third-order valence-electron chi connectivity index (χ3n) is 3.76. The Morgan fingerprint density at radius 3 is 2.63 bits per heavy atom. The van der Waals surface area contributed by atoms with Crippen LogP contribution in [0.4, 0.5) is 0 Å². The minimum Gasteiger partial charge on any atom is -0.481 e. The molecule has 6 nitrogen and oxygen atoms in total. The van der Waals surface area contributed by atoms with E-state index < -0.39 is 5.97 Å². The third-order valence-corrected chi connectivity index (χ3v) is 4.56. The molecule has 102 valence electrons. The molecule has 1 heterocycles. The molecule has 0 saturated heterocycles. The fraction of sp³-hybridized carbons (Fsp3) is 0.583. The fourth-order valence-corrected chi connectivity index (χ4v) is 3.01. The zero-order valence-electron chi connectivity index (χ0n) is 10.1. The van der Waals surface area contributed by atoms with Gasteiger partial charge in [0.25, 0.3) is 5.91 Å². The van der Waals surface area contributed by atoms with Crippen LogP contribution in [-0.4, -0.2) is 33.2 Å². The van der Waals surface area contributed by atoms with Gasteiger partial charge in [0, 0.05) is 12.0 Å². The van der Waals surface area contributed by atoms with Crippen molar-refractivity contribution in [2.45, 2.75) is 37.6 Å². The van der Waals surface area contributed by atoms with Crippen molar-refractivity contribution in [2.24, 2.45) is 5.92 Å². The number of hydrogen-bond acceptors (Lipinski definition) is 3. The molecule has 0 radical (unpaired) electrons. The van der Waals surface area contributed by atoms with Crippen LogP contribution >= 0.6 is 15.9 Å². The molecule has 2 aliphatic carbocycles. The van der Waals surface area contributed by atoms with Crippen molar-refractivity contribution in [3.05, 3.63) is 15.9 Å². The number of aliphatic carboxylic acids is 1. The van der Waals surface area contributed by atoms with Crippen LogP contribution in [0.5, 0.6) is 0 Å². The highest BCUT2D eigenvalue weighted by Crippen LogP contribution is 2.42. The number of aromatic nitrogens is 2. The van der Waals surface area contributed by atoms with E-state index in [0.29, 0.717) is 24.5 Å². The lowest BCUT2D eigenvalue weighted by Crippen LogP contribution is -2.46. The van der Waals surface area contributed by atoms with E-state index >= 15 is 0 Å². The number of H-pyrrole nitrogens is 1. The van der Waals surface area contributed by atoms with Gasteiger partial charge in [0.15, 0.2) is 5.69 Å². The summed E-state index contributed by atoms with van der Waals surface area (Å²) in [6.07, 6.45) is 3.26. The Bertz CT molecular complexity index is 532. The number of aromatic amines is 1. The normalized spacial score (nSPS) is 25.7. The molecule has 3 rings (SSSR count). The van der Waals surface area contributed by atoms with Gasteiger partial charge in [0.2, 0.25) is 0 Å². The Kier molecular flexibility index (Phi) is 3.08. The standard InChI is InChI=1S/C12H14BrN3O3/c13-8-9(5-1-2-5)15-16-10(8)11(17)14-7-3-6(4-7)12(18)19/h5-7H,1-4H2,(H,14,17)(H,15,16)(H,18,19). The van der Waals surface area contributed by atoms with Crippen molar-refractivity contribution in [3.63, 3.8) is 0 Å². The lowest BCUT2D eigenvalue weighted by atomic mass is 9.80. The van der Waals surface area contributed by atoms with Crippen LogP contribution in [0, 0.1) is 5.92 Å². The van der Waals surface area contributed by atoms with Gasteiger partial charge < -0.3 is 10.4 Å². The fourth-order valence-electron chi connectivity index (χ4n) is 2.33. The second-order valence-corrected chi connectivity index (χ2v) is 6.04. The molecule has 3 N–H and O–H groups in total. The molecule has 2 saturated carbocycles. The molecule has 2 aliphatic rings. The number of amides is 1. The van der Waals surface area contributed by atoms with Gasteiger partial charge >= 0.3 is 5.97 Å². The van der Waals surface area contributed by atoms with Crippen LogP contribution in [0.2, 0.25) is 0 Å². The molecular weight excluding hydrogens is 314 g/mol. The first-order valence-electron chi connectivity index (χ1n) is 6.33. The van der Waals surface area contributed by atoms with Gasteiger partial charge in [-0.1, -0.05) is 0 Å². The van der Waals surface area contributed by atoms with Gasteiger partial charge in [-0.05, 0) is 41.6 Å². The molecule has 1 aromatic heterocycles. The second kappa shape index (κ2) is 4.63. The van der Waals surface area contributed by atoms with Crippen molar-refractivity contribution in [3.8, 4) is 0 Å². The largest absolute Gasteiger partial charge is 0.481 e. The topological polar surface area (TPSA) is 95.1 Å². The van der Waals surface area contributed by atoms with E-state index in [1.54, 1.807) is 0 Å². The molecule has 1 amide bonds. The van der Waals surface area contributed by atoms with Gasteiger partial charge in [-0.3, -0.25) is 14.7 Å². The summed E-state index contributed by atoms with van der Waals surface area (Å²) in [5.41, 5.74) is 1.35. The Balaban J connectivity index is 1.60. The number of nitrogens with one attached hydrogen (secondary N) is 2. The quantitative estimate of drug-likeness (QED) is 0.783. The van der Waals surface area contributed by atoms with Crippen molar-refractivity contribution in [1.29, 1.82) is 0 Å². The lowest BCUT2D eigenvalue weighted by molar-refractivity contribution is -0.145. The number of carboxylic acid groups (broad SMARTS) is 1. The molecule has 19 heavy (non-hydrogen) atoms. The number of carbonyl (C=O) groups is 2. The molecule has 0 aliphatic heterocycles.